The smallest absolute Gasteiger partial charge is 0.218 e. The molecule has 0 aliphatic carbocycles. The van der Waals surface area contributed by atoms with Gasteiger partial charge in [0.25, 0.3) is 0 Å². The van der Waals surface area contributed by atoms with E-state index < -0.39 is 10.0 Å². The van der Waals surface area contributed by atoms with Gasteiger partial charge in [-0.05, 0) is 28.8 Å². The summed E-state index contributed by atoms with van der Waals surface area (Å²) < 4.78 is 25.2. The highest BCUT2D eigenvalue weighted by molar-refractivity contribution is 7.92. The number of aryl methyl sites for hydroxylation is 1. The fraction of sp³-hybridized carbons (Fsp3) is 0.375. The van der Waals surface area contributed by atoms with Gasteiger partial charge in [0, 0.05) is 6.54 Å². The second-order valence-corrected chi connectivity index (χ2v) is 6.20. The van der Waals surface area contributed by atoms with Crippen LogP contribution in [0.2, 0.25) is 0 Å². The summed E-state index contributed by atoms with van der Waals surface area (Å²) in [5, 5.41) is 3.88. The Balaban J connectivity index is 2.58. The van der Waals surface area contributed by atoms with Crippen molar-refractivity contribution in [3.8, 4) is 0 Å². The maximum atomic E-state index is 11.4. The van der Waals surface area contributed by atoms with Crippen LogP contribution in [0.5, 0.6) is 0 Å². The van der Waals surface area contributed by atoms with Crippen molar-refractivity contribution in [3.63, 3.8) is 0 Å². The van der Waals surface area contributed by atoms with Crippen LogP contribution in [0.1, 0.15) is 11.1 Å². The minimum atomic E-state index is -3.39. The van der Waals surface area contributed by atoms with Crippen LogP contribution in [-0.2, 0) is 16.6 Å². The summed E-state index contributed by atoms with van der Waals surface area (Å²) in [5.74, 6) is -0.300. The van der Waals surface area contributed by atoms with Gasteiger partial charge in [-0.25, -0.2) is 13.1 Å². The van der Waals surface area contributed by atoms with Crippen molar-refractivity contribution in [2.45, 2.75) is 13.5 Å². The van der Waals surface area contributed by atoms with Gasteiger partial charge in [-0.1, -0.05) is 12.2 Å². The fourth-order valence-electron chi connectivity index (χ4n) is 0.994. The number of nitrogens with one attached hydrogen (secondary N) is 1. The zero-order valence-corrected chi connectivity index (χ0v) is 10.6. The molecule has 84 valence electrons. The first kappa shape index (κ1) is 12.6. The Morgan fingerprint density at radius 1 is 1.60 bits per heavy atom. The summed E-state index contributed by atoms with van der Waals surface area (Å²) >= 11 is 6.09. The average Bonchev–Trinajstić information content (AvgIpc) is 2.45. The van der Waals surface area contributed by atoms with Gasteiger partial charge >= 0.3 is 0 Å². The Morgan fingerprint density at radius 2 is 2.27 bits per heavy atom. The van der Waals surface area contributed by atoms with Gasteiger partial charge < -0.3 is 5.73 Å². The lowest BCUT2D eigenvalue weighted by Gasteiger charge is -2.05. The molecular weight excluding hydrogens is 252 g/mol. The first-order valence-electron chi connectivity index (χ1n) is 4.18. The largest absolute Gasteiger partial charge is 0.392 e. The second kappa shape index (κ2) is 5.02. The molecule has 0 aliphatic rings. The van der Waals surface area contributed by atoms with Crippen LogP contribution in [0.4, 0.5) is 0 Å². The van der Waals surface area contributed by atoms with Gasteiger partial charge in [0.2, 0.25) is 10.0 Å². The third-order valence-corrected chi connectivity index (χ3v) is 4.29. The molecule has 1 aromatic rings. The van der Waals surface area contributed by atoms with E-state index in [2.05, 4.69) is 16.9 Å². The van der Waals surface area contributed by atoms with Crippen LogP contribution >= 0.6 is 23.6 Å². The molecule has 1 rings (SSSR count). The summed E-state index contributed by atoms with van der Waals surface area (Å²) in [6.07, 6.45) is 0. The van der Waals surface area contributed by atoms with E-state index in [0.717, 1.165) is 11.1 Å². The molecule has 0 unspecified atom stereocenters. The van der Waals surface area contributed by atoms with E-state index in [4.69, 9.17) is 5.73 Å². The van der Waals surface area contributed by atoms with Gasteiger partial charge in [0.05, 0.1) is 4.99 Å². The van der Waals surface area contributed by atoms with Gasteiger partial charge in [-0.2, -0.15) is 11.3 Å². The standard InChI is InChI=1S/C8H12N2O2S3/c1-6-3-14-4-7(6)2-10-15(11,12)5-8(9)13/h3-4,10H,2,5H2,1H3,(H2,9,13). The molecule has 0 saturated carbocycles. The highest BCUT2D eigenvalue weighted by atomic mass is 32.2. The van der Waals surface area contributed by atoms with Crippen LogP contribution in [-0.4, -0.2) is 19.2 Å². The summed E-state index contributed by atoms with van der Waals surface area (Å²) in [6.45, 7) is 2.23. The maximum Gasteiger partial charge on any atom is 0.218 e. The molecule has 3 N–H and O–H groups in total. The van der Waals surface area contributed by atoms with Crippen LogP contribution in [0.25, 0.3) is 0 Å². The molecule has 1 aromatic heterocycles. The lowest BCUT2D eigenvalue weighted by molar-refractivity contribution is 0.585. The summed E-state index contributed by atoms with van der Waals surface area (Å²) in [6, 6.07) is 0. The summed E-state index contributed by atoms with van der Waals surface area (Å²) in [4.78, 5) is -0.0236. The number of thiophene rings is 1. The molecule has 0 amide bonds. The van der Waals surface area contributed by atoms with Crippen molar-refractivity contribution in [1.82, 2.24) is 4.72 Å². The minimum Gasteiger partial charge on any atom is -0.392 e. The fourth-order valence-corrected chi connectivity index (χ4v) is 3.17. The van der Waals surface area contributed by atoms with Gasteiger partial charge in [0.1, 0.15) is 5.75 Å². The molecule has 7 heteroatoms. The number of hydrogen-bond donors (Lipinski definition) is 2. The van der Waals surface area contributed by atoms with E-state index >= 15 is 0 Å². The lowest BCUT2D eigenvalue weighted by Crippen LogP contribution is -2.32. The average molecular weight is 264 g/mol. The number of nitrogens with two attached hydrogens (primary N) is 1. The topological polar surface area (TPSA) is 72.2 Å². The van der Waals surface area contributed by atoms with Crippen molar-refractivity contribution in [2.75, 3.05) is 5.75 Å². The van der Waals surface area contributed by atoms with Crippen molar-refractivity contribution in [1.29, 1.82) is 0 Å². The van der Waals surface area contributed by atoms with E-state index in [-0.39, 0.29) is 10.7 Å². The van der Waals surface area contributed by atoms with Crippen molar-refractivity contribution in [2.24, 2.45) is 5.73 Å². The normalized spacial score (nSPS) is 11.5. The first-order chi connectivity index (χ1) is 6.91. The predicted molar refractivity (Wildman–Crippen MR) is 66.5 cm³/mol. The molecule has 0 bridgehead atoms. The molecule has 0 spiro atoms. The highest BCUT2D eigenvalue weighted by Gasteiger charge is 2.11. The third kappa shape index (κ3) is 4.25. The van der Waals surface area contributed by atoms with E-state index in [0.29, 0.717) is 6.54 Å². The van der Waals surface area contributed by atoms with Gasteiger partial charge in [-0.3, -0.25) is 0 Å². The lowest BCUT2D eigenvalue weighted by atomic mass is 10.2. The van der Waals surface area contributed by atoms with Crippen molar-refractivity contribution in [3.05, 3.63) is 21.9 Å². The molecule has 0 aliphatic heterocycles. The quantitative estimate of drug-likeness (QED) is 0.770. The molecular formula is C8H12N2O2S3. The Labute approximate surface area is 98.5 Å². The first-order valence-corrected chi connectivity index (χ1v) is 7.18. The SMILES string of the molecule is Cc1cscc1CNS(=O)(=O)CC(N)=S. The molecule has 15 heavy (non-hydrogen) atoms. The van der Waals surface area contributed by atoms with Crippen LogP contribution in [0.3, 0.4) is 0 Å². The van der Waals surface area contributed by atoms with Crippen LogP contribution in [0, 0.1) is 6.92 Å². The molecule has 0 atom stereocenters. The number of hydrogen-bond acceptors (Lipinski definition) is 4. The molecule has 0 radical (unpaired) electrons. The molecule has 0 fully saturated rings. The Hall–Kier alpha value is -0.500. The molecule has 1 heterocycles. The minimum absolute atomic E-state index is 0.0236. The van der Waals surface area contributed by atoms with E-state index in [1.807, 2.05) is 17.7 Å². The van der Waals surface area contributed by atoms with Gasteiger partial charge in [-0.15, -0.1) is 0 Å². The van der Waals surface area contributed by atoms with Crippen molar-refractivity contribution < 1.29 is 8.42 Å². The third-order valence-electron chi connectivity index (χ3n) is 1.78. The Bertz CT molecular complexity index is 450. The summed E-state index contributed by atoms with van der Waals surface area (Å²) in [5.41, 5.74) is 7.23. The number of thiocarbonyl (C=S) groups is 1. The van der Waals surface area contributed by atoms with Crippen LogP contribution < -0.4 is 10.5 Å². The molecule has 0 aromatic carbocycles. The Morgan fingerprint density at radius 3 is 2.73 bits per heavy atom. The predicted octanol–water partition coefficient (Wildman–Crippen LogP) is 0.762. The second-order valence-electron chi connectivity index (χ2n) is 3.13. The number of sulfonamides is 1. The zero-order chi connectivity index (χ0) is 11.5. The van der Waals surface area contributed by atoms with E-state index in [9.17, 15) is 8.42 Å². The Kier molecular flexibility index (Phi) is 4.21. The maximum absolute atomic E-state index is 11.4. The monoisotopic (exact) mass is 264 g/mol. The van der Waals surface area contributed by atoms with E-state index in [1.54, 1.807) is 11.3 Å². The van der Waals surface area contributed by atoms with Crippen molar-refractivity contribution >= 4 is 38.6 Å². The molecule has 0 saturated heterocycles. The molecule has 4 nitrogen and oxygen atoms in total. The van der Waals surface area contributed by atoms with Gasteiger partial charge in [0.15, 0.2) is 0 Å². The summed E-state index contributed by atoms with van der Waals surface area (Å²) in [7, 11) is -3.39. The van der Waals surface area contributed by atoms with Crippen LogP contribution in [0.15, 0.2) is 10.8 Å². The van der Waals surface area contributed by atoms with E-state index in [1.165, 1.54) is 0 Å². The highest BCUT2D eigenvalue weighted by Crippen LogP contribution is 2.13. The number of rotatable bonds is 5. The zero-order valence-electron chi connectivity index (χ0n) is 8.19.